The molecule has 0 saturated carbocycles. The van der Waals surface area contributed by atoms with Crippen LogP contribution in [0.2, 0.25) is 0 Å². The van der Waals surface area contributed by atoms with Crippen LogP contribution in [0.1, 0.15) is 37.0 Å². The van der Waals surface area contributed by atoms with Gasteiger partial charge in [0.2, 0.25) is 0 Å². The molecule has 2 aromatic rings. The molecule has 0 heterocycles. The molecule has 0 fully saturated rings. The molecular formula is C21H25NO5. The van der Waals surface area contributed by atoms with Gasteiger partial charge in [-0.3, -0.25) is 4.79 Å². The second-order valence-electron chi connectivity index (χ2n) is 6.00. The summed E-state index contributed by atoms with van der Waals surface area (Å²) in [5.41, 5.74) is 1.02. The highest BCUT2D eigenvalue weighted by molar-refractivity contribution is 5.95. The van der Waals surface area contributed by atoms with E-state index >= 15 is 0 Å². The van der Waals surface area contributed by atoms with E-state index in [9.17, 15) is 9.59 Å². The molecule has 0 aliphatic rings. The van der Waals surface area contributed by atoms with E-state index in [0.29, 0.717) is 29.4 Å². The van der Waals surface area contributed by atoms with Crippen LogP contribution in [-0.2, 0) is 9.53 Å². The number of carbonyl (C=O) groups is 2. The van der Waals surface area contributed by atoms with Crippen molar-refractivity contribution in [3.8, 4) is 11.5 Å². The van der Waals surface area contributed by atoms with Crippen molar-refractivity contribution in [1.29, 1.82) is 0 Å². The van der Waals surface area contributed by atoms with E-state index in [1.807, 2.05) is 6.92 Å². The molecule has 1 atom stereocenters. The lowest BCUT2D eigenvalue weighted by atomic mass is 10.2. The molecule has 2 rings (SSSR count). The van der Waals surface area contributed by atoms with Crippen LogP contribution < -0.4 is 14.8 Å². The molecule has 0 spiro atoms. The van der Waals surface area contributed by atoms with Gasteiger partial charge in [-0.25, -0.2) is 4.79 Å². The number of esters is 1. The van der Waals surface area contributed by atoms with Gasteiger partial charge in [-0.2, -0.15) is 0 Å². The Labute approximate surface area is 159 Å². The molecule has 6 heteroatoms. The first kappa shape index (κ1) is 20.3. The van der Waals surface area contributed by atoms with Crippen molar-refractivity contribution in [1.82, 2.24) is 0 Å². The highest BCUT2D eigenvalue weighted by atomic mass is 16.5. The molecule has 0 aliphatic heterocycles. The van der Waals surface area contributed by atoms with E-state index in [1.165, 1.54) is 0 Å². The van der Waals surface area contributed by atoms with Gasteiger partial charge in [-0.15, -0.1) is 0 Å². The number of rotatable bonds is 9. The van der Waals surface area contributed by atoms with Crippen LogP contribution >= 0.6 is 0 Å². The second kappa shape index (κ2) is 10.2. The van der Waals surface area contributed by atoms with Crippen LogP contribution in [0.15, 0.2) is 48.5 Å². The number of benzene rings is 2. The van der Waals surface area contributed by atoms with Crippen LogP contribution in [0.3, 0.4) is 0 Å². The van der Waals surface area contributed by atoms with Crippen LogP contribution in [0.5, 0.6) is 11.5 Å². The lowest BCUT2D eigenvalue weighted by Gasteiger charge is -2.15. The van der Waals surface area contributed by atoms with E-state index < -0.39 is 6.10 Å². The Morgan fingerprint density at radius 1 is 1.07 bits per heavy atom. The molecule has 0 saturated heterocycles. The Bertz CT molecular complexity index is 757. The van der Waals surface area contributed by atoms with Crippen molar-refractivity contribution in [2.45, 2.75) is 32.8 Å². The van der Waals surface area contributed by atoms with E-state index in [4.69, 9.17) is 14.2 Å². The van der Waals surface area contributed by atoms with Gasteiger partial charge in [0.25, 0.3) is 5.91 Å². The lowest BCUT2D eigenvalue weighted by Crippen LogP contribution is -2.30. The fraction of sp³-hybridized carbons (Fsp3) is 0.333. The molecule has 0 aliphatic carbocycles. The summed E-state index contributed by atoms with van der Waals surface area (Å²) in [5.74, 6) is 0.538. The minimum Gasteiger partial charge on any atom is -0.497 e. The summed E-state index contributed by atoms with van der Waals surface area (Å²) in [6, 6.07) is 13.6. The van der Waals surface area contributed by atoms with Gasteiger partial charge in [-0.05, 0) is 49.7 Å². The minimum absolute atomic E-state index is 0.295. The molecule has 0 aromatic heterocycles. The summed E-state index contributed by atoms with van der Waals surface area (Å²) in [5, 5.41) is 2.76. The first-order valence-corrected chi connectivity index (χ1v) is 8.92. The Kier molecular flexibility index (Phi) is 7.67. The number of hydrogen-bond acceptors (Lipinski definition) is 5. The van der Waals surface area contributed by atoms with Crippen molar-refractivity contribution in [2.75, 3.05) is 19.0 Å². The number of hydrogen-bond donors (Lipinski definition) is 1. The van der Waals surface area contributed by atoms with Crippen molar-refractivity contribution in [2.24, 2.45) is 0 Å². The molecule has 0 unspecified atom stereocenters. The summed E-state index contributed by atoms with van der Waals surface area (Å²) in [6.45, 7) is 4.10. The van der Waals surface area contributed by atoms with Crippen LogP contribution in [-0.4, -0.2) is 31.7 Å². The van der Waals surface area contributed by atoms with Gasteiger partial charge in [-0.1, -0.05) is 19.4 Å². The van der Waals surface area contributed by atoms with Gasteiger partial charge in [0.15, 0.2) is 6.10 Å². The first-order valence-electron chi connectivity index (χ1n) is 8.92. The summed E-state index contributed by atoms with van der Waals surface area (Å²) in [4.78, 5) is 24.2. The molecule has 0 bridgehead atoms. The third-order valence-corrected chi connectivity index (χ3v) is 3.84. The average molecular weight is 371 g/mol. The fourth-order valence-corrected chi connectivity index (χ4v) is 2.26. The monoisotopic (exact) mass is 371 g/mol. The summed E-state index contributed by atoms with van der Waals surface area (Å²) >= 11 is 0. The minimum atomic E-state index is -0.698. The number of anilines is 1. The highest BCUT2D eigenvalue weighted by Gasteiger charge is 2.15. The average Bonchev–Trinajstić information content (AvgIpc) is 2.68. The molecular weight excluding hydrogens is 346 g/mol. The molecule has 0 radical (unpaired) electrons. The zero-order valence-electron chi connectivity index (χ0n) is 15.9. The maximum atomic E-state index is 12.3. The molecule has 1 N–H and O–H groups in total. The summed E-state index contributed by atoms with van der Waals surface area (Å²) in [7, 11) is 1.57. The molecule has 144 valence electrons. The van der Waals surface area contributed by atoms with Crippen LogP contribution in [0.25, 0.3) is 0 Å². The standard InChI is InChI=1S/C21H25NO5/c1-4-5-13-26-21(24)16-9-11-17(12-10-16)22-20(23)15(2)27-19-8-6-7-18(14-19)25-3/h6-12,14-15H,4-5,13H2,1-3H3,(H,22,23)/t15-/m1/s1. The predicted octanol–water partition coefficient (Wildman–Crippen LogP) is 4.06. The Morgan fingerprint density at radius 3 is 2.44 bits per heavy atom. The highest BCUT2D eigenvalue weighted by Crippen LogP contribution is 2.20. The van der Waals surface area contributed by atoms with E-state index in [0.717, 1.165) is 12.8 Å². The second-order valence-corrected chi connectivity index (χ2v) is 6.00. The predicted molar refractivity (Wildman–Crippen MR) is 103 cm³/mol. The number of carbonyl (C=O) groups excluding carboxylic acids is 2. The molecule has 1 amide bonds. The number of ether oxygens (including phenoxy) is 3. The molecule has 2 aromatic carbocycles. The van der Waals surface area contributed by atoms with Gasteiger partial charge in [0.05, 0.1) is 19.3 Å². The van der Waals surface area contributed by atoms with Gasteiger partial charge in [0, 0.05) is 11.8 Å². The molecule has 6 nitrogen and oxygen atoms in total. The summed E-state index contributed by atoms with van der Waals surface area (Å²) < 4.78 is 15.9. The maximum Gasteiger partial charge on any atom is 0.338 e. The lowest BCUT2D eigenvalue weighted by molar-refractivity contribution is -0.122. The van der Waals surface area contributed by atoms with Gasteiger partial charge < -0.3 is 19.5 Å². The number of nitrogens with one attached hydrogen (secondary N) is 1. The smallest absolute Gasteiger partial charge is 0.338 e. The van der Waals surface area contributed by atoms with Gasteiger partial charge in [0.1, 0.15) is 11.5 Å². The Hall–Kier alpha value is -3.02. The van der Waals surface area contributed by atoms with E-state index in [1.54, 1.807) is 62.6 Å². The first-order chi connectivity index (χ1) is 13.0. The van der Waals surface area contributed by atoms with E-state index in [-0.39, 0.29) is 11.9 Å². The van der Waals surface area contributed by atoms with Crippen molar-refractivity contribution in [3.05, 3.63) is 54.1 Å². The van der Waals surface area contributed by atoms with Crippen LogP contribution in [0, 0.1) is 0 Å². The largest absolute Gasteiger partial charge is 0.497 e. The molecule has 27 heavy (non-hydrogen) atoms. The Balaban J connectivity index is 1.89. The number of unbranched alkanes of at least 4 members (excludes halogenated alkanes) is 1. The van der Waals surface area contributed by atoms with Crippen molar-refractivity contribution >= 4 is 17.6 Å². The fourth-order valence-electron chi connectivity index (χ4n) is 2.26. The zero-order valence-corrected chi connectivity index (χ0v) is 15.9. The van der Waals surface area contributed by atoms with Crippen LogP contribution in [0.4, 0.5) is 5.69 Å². The third kappa shape index (κ3) is 6.33. The van der Waals surface area contributed by atoms with E-state index in [2.05, 4.69) is 5.32 Å². The number of methoxy groups -OCH3 is 1. The number of amides is 1. The van der Waals surface area contributed by atoms with Crippen molar-refractivity contribution < 1.29 is 23.8 Å². The normalized spacial score (nSPS) is 11.4. The Morgan fingerprint density at radius 2 is 1.78 bits per heavy atom. The van der Waals surface area contributed by atoms with Crippen molar-refractivity contribution in [3.63, 3.8) is 0 Å². The van der Waals surface area contributed by atoms with Gasteiger partial charge >= 0.3 is 5.97 Å². The SMILES string of the molecule is CCCCOC(=O)c1ccc(NC(=O)[C@@H](C)Oc2cccc(OC)c2)cc1. The summed E-state index contributed by atoms with van der Waals surface area (Å²) in [6.07, 6.45) is 1.11. The topological polar surface area (TPSA) is 73.9 Å². The maximum absolute atomic E-state index is 12.3. The zero-order chi connectivity index (χ0) is 19.6. The third-order valence-electron chi connectivity index (χ3n) is 3.84. The quantitative estimate of drug-likeness (QED) is 0.531.